The van der Waals surface area contributed by atoms with Gasteiger partial charge in [-0.3, -0.25) is 4.79 Å². The Morgan fingerprint density at radius 2 is 2.07 bits per heavy atom. The average molecular weight is 414 g/mol. The first kappa shape index (κ1) is 21.0. The molecule has 2 atom stereocenters. The first-order chi connectivity index (χ1) is 14.6. The lowest BCUT2D eigenvalue weighted by Gasteiger charge is -2.29. The van der Waals surface area contributed by atoms with Gasteiger partial charge in [-0.25, -0.2) is 4.39 Å². The van der Waals surface area contributed by atoms with Crippen LogP contribution < -0.4 is 10.6 Å². The average Bonchev–Trinajstić information content (AvgIpc) is 3.40. The number of hydrogen-bond acceptors (Lipinski definition) is 4. The van der Waals surface area contributed by atoms with Crippen LogP contribution in [0.5, 0.6) is 0 Å². The smallest absolute Gasteiger partial charge is 0.242 e. The minimum Gasteiger partial charge on any atom is -0.359 e. The van der Waals surface area contributed by atoms with Crippen molar-refractivity contribution in [1.82, 2.24) is 10.5 Å². The molecule has 0 spiro atoms. The number of nitrogens with one attached hydrogen (secondary N) is 2. The summed E-state index contributed by atoms with van der Waals surface area (Å²) in [6.45, 7) is 2.08. The van der Waals surface area contributed by atoms with E-state index in [0.717, 1.165) is 49.8 Å². The van der Waals surface area contributed by atoms with Crippen molar-refractivity contribution in [3.8, 4) is 0 Å². The van der Waals surface area contributed by atoms with Crippen molar-refractivity contribution in [3.63, 3.8) is 0 Å². The van der Waals surface area contributed by atoms with E-state index in [1.807, 2.05) is 12.1 Å². The zero-order valence-corrected chi connectivity index (χ0v) is 17.8. The quantitative estimate of drug-likeness (QED) is 0.652. The number of fused-ring (bicyclic) bond motifs is 1. The van der Waals surface area contributed by atoms with Crippen LogP contribution in [0.15, 0.2) is 28.8 Å². The number of hydrogen-bond donors (Lipinski definition) is 2. The summed E-state index contributed by atoms with van der Waals surface area (Å²) in [5.74, 6) is 1.79. The number of benzene rings is 1. The molecule has 6 heteroatoms. The Balaban J connectivity index is 1.34. The van der Waals surface area contributed by atoms with Crippen molar-refractivity contribution in [3.05, 3.63) is 47.0 Å². The molecule has 0 saturated heterocycles. The van der Waals surface area contributed by atoms with Gasteiger partial charge in [-0.05, 0) is 54.9 Å². The molecule has 0 unspecified atom stereocenters. The monoisotopic (exact) mass is 413 g/mol. The van der Waals surface area contributed by atoms with E-state index >= 15 is 0 Å². The Hall–Kier alpha value is -2.21. The van der Waals surface area contributed by atoms with Crippen molar-refractivity contribution < 1.29 is 13.7 Å². The first-order valence-electron chi connectivity index (χ1n) is 11.4. The molecule has 1 saturated carbocycles. The Labute approximate surface area is 177 Å². The predicted octanol–water partition coefficient (Wildman–Crippen LogP) is 4.80. The highest BCUT2D eigenvalue weighted by Gasteiger charge is 2.26. The number of rotatable bonds is 8. The van der Waals surface area contributed by atoms with Gasteiger partial charge in [0.2, 0.25) is 5.91 Å². The summed E-state index contributed by atoms with van der Waals surface area (Å²) in [7, 11) is 0. The fraction of sp³-hybridized carbons (Fsp3) is 0.583. The third-order valence-electron chi connectivity index (χ3n) is 6.50. The molecule has 2 aliphatic carbocycles. The molecule has 1 aromatic heterocycles. The van der Waals surface area contributed by atoms with Crippen LogP contribution in [-0.4, -0.2) is 23.1 Å². The second kappa shape index (κ2) is 9.73. The molecule has 0 aliphatic heterocycles. The summed E-state index contributed by atoms with van der Waals surface area (Å²) >= 11 is 0. The Kier molecular flexibility index (Phi) is 6.82. The van der Waals surface area contributed by atoms with Gasteiger partial charge in [0.05, 0.1) is 6.04 Å². The Morgan fingerprint density at radius 3 is 2.87 bits per heavy atom. The van der Waals surface area contributed by atoms with E-state index in [9.17, 15) is 9.18 Å². The van der Waals surface area contributed by atoms with Gasteiger partial charge in [0.1, 0.15) is 11.6 Å². The van der Waals surface area contributed by atoms with Crippen LogP contribution >= 0.6 is 0 Å². The van der Waals surface area contributed by atoms with E-state index in [-0.39, 0.29) is 23.8 Å². The van der Waals surface area contributed by atoms with Crippen LogP contribution in [0.4, 0.5) is 10.2 Å². The normalized spacial score (nSPS) is 20.1. The van der Waals surface area contributed by atoms with Crippen molar-refractivity contribution in [1.29, 1.82) is 0 Å². The van der Waals surface area contributed by atoms with Gasteiger partial charge in [0.15, 0.2) is 5.82 Å². The van der Waals surface area contributed by atoms with E-state index in [0.29, 0.717) is 11.7 Å². The number of halogens is 1. The predicted molar refractivity (Wildman–Crippen MR) is 115 cm³/mol. The molecule has 1 amide bonds. The second-order valence-electron chi connectivity index (χ2n) is 8.88. The van der Waals surface area contributed by atoms with Gasteiger partial charge < -0.3 is 15.2 Å². The molecule has 0 radical (unpaired) electrons. The molecule has 2 N–H and O–H groups in total. The summed E-state index contributed by atoms with van der Waals surface area (Å²) < 4.78 is 18.9. The van der Waals surface area contributed by atoms with E-state index < -0.39 is 0 Å². The zero-order valence-electron chi connectivity index (χ0n) is 17.8. The lowest BCUT2D eigenvalue weighted by Crippen LogP contribution is -2.47. The third-order valence-corrected chi connectivity index (χ3v) is 6.50. The largest absolute Gasteiger partial charge is 0.359 e. The maximum Gasteiger partial charge on any atom is 0.242 e. The first-order valence-corrected chi connectivity index (χ1v) is 11.4. The number of carbonyl (C=O) groups excluding carboxylic acids is 1. The third kappa shape index (κ3) is 5.28. The van der Waals surface area contributed by atoms with Crippen LogP contribution in [-0.2, 0) is 24.1 Å². The lowest BCUT2D eigenvalue weighted by atomic mass is 9.87. The molecule has 0 bridgehead atoms. The highest BCUT2D eigenvalue weighted by molar-refractivity contribution is 5.94. The highest BCUT2D eigenvalue weighted by atomic mass is 19.1. The van der Waals surface area contributed by atoms with E-state index in [1.165, 1.54) is 37.3 Å². The summed E-state index contributed by atoms with van der Waals surface area (Å²) in [5, 5.41) is 10.5. The zero-order chi connectivity index (χ0) is 20.9. The molecule has 1 aromatic carbocycles. The molecule has 162 valence electrons. The molecular formula is C24H32FN3O2. The van der Waals surface area contributed by atoms with Crippen molar-refractivity contribution >= 4 is 11.7 Å². The fourth-order valence-electron chi connectivity index (χ4n) is 4.91. The van der Waals surface area contributed by atoms with Crippen molar-refractivity contribution in [2.24, 2.45) is 5.92 Å². The van der Waals surface area contributed by atoms with E-state index in [2.05, 4.69) is 22.7 Å². The van der Waals surface area contributed by atoms with Crippen molar-refractivity contribution in [2.45, 2.75) is 83.2 Å². The number of amides is 1. The summed E-state index contributed by atoms with van der Waals surface area (Å²) in [6.07, 6.45) is 10.2. The maximum absolute atomic E-state index is 13.4. The molecule has 2 aliphatic rings. The van der Waals surface area contributed by atoms with Crippen LogP contribution in [0, 0.1) is 11.7 Å². The lowest BCUT2D eigenvalue weighted by molar-refractivity contribution is -0.118. The highest BCUT2D eigenvalue weighted by Crippen LogP contribution is 2.28. The SMILES string of the molecule is CCC[C@H](N[C@@H]1CCc2cc(F)ccc2C1)C(=O)Nc1cc(CC2CCCC2)on1. The van der Waals surface area contributed by atoms with E-state index in [1.54, 1.807) is 6.07 Å². The molecule has 5 nitrogen and oxygen atoms in total. The van der Waals surface area contributed by atoms with Gasteiger partial charge >= 0.3 is 0 Å². The molecule has 1 fully saturated rings. The second-order valence-corrected chi connectivity index (χ2v) is 8.88. The minimum absolute atomic E-state index is 0.0672. The van der Waals surface area contributed by atoms with Gasteiger partial charge in [-0.1, -0.05) is 50.3 Å². The van der Waals surface area contributed by atoms with Crippen molar-refractivity contribution in [2.75, 3.05) is 5.32 Å². The summed E-state index contributed by atoms with van der Waals surface area (Å²) in [6, 6.07) is 6.82. The molecule has 30 heavy (non-hydrogen) atoms. The number of aryl methyl sites for hydroxylation is 1. The Bertz CT molecular complexity index is 860. The Morgan fingerprint density at radius 1 is 1.23 bits per heavy atom. The van der Waals surface area contributed by atoms with Gasteiger partial charge in [0, 0.05) is 18.5 Å². The van der Waals surface area contributed by atoms with E-state index in [4.69, 9.17) is 4.52 Å². The minimum atomic E-state index is -0.281. The number of anilines is 1. The van der Waals surface area contributed by atoms with Gasteiger partial charge in [0.25, 0.3) is 0 Å². The van der Waals surface area contributed by atoms with Crippen LogP contribution in [0.25, 0.3) is 0 Å². The standard InChI is InChI=1S/C24H32FN3O2/c1-2-5-22(26-20-11-9-17-13-19(25)10-8-18(17)14-20)24(29)27-23-15-21(30-28-23)12-16-6-3-4-7-16/h8,10,13,15-16,20,22,26H,2-7,9,11-12,14H2,1H3,(H,27,28,29)/t20-,22+/m1/s1. The van der Waals surface area contributed by atoms with Gasteiger partial charge in [-0.2, -0.15) is 0 Å². The molecule has 1 heterocycles. The summed E-state index contributed by atoms with van der Waals surface area (Å²) in [5.41, 5.74) is 2.26. The number of aromatic nitrogens is 1. The van der Waals surface area contributed by atoms with Crippen LogP contribution in [0.1, 0.15) is 68.8 Å². The molecule has 2 aromatic rings. The molecular weight excluding hydrogens is 381 g/mol. The van der Waals surface area contributed by atoms with Gasteiger partial charge in [-0.15, -0.1) is 0 Å². The maximum atomic E-state index is 13.4. The van der Waals surface area contributed by atoms with Crippen LogP contribution in [0.2, 0.25) is 0 Å². The topological polar surface area (TPSA) is 67.2 Å². The number of nitrogens with zero attached hydrogens (tertiary/aromatic N) is 1. The molecule has 4 rings (SSSR count). The number of carbonyl (C=O) groups is 1. The van der Waals surface area contributed by atoms with Crippen LogP contribution in [0.3, 0.4) is 0 Å². The fourth-order valence-corrected chi connectivity index (χ4v) is 4.91. The summed E-state index contributed by atoms with van der Waals surface area (Å²) in [4.78, 5) is 12.9.